The van der Waals surface area contributed by atoms with Gasteiger partial charge in [0.1, 0.15) is 0 Å². The Labute approximate surface area is 319 Å². The molecule has 2 heterocycles. The molecule has 252 valence electrons. The highest BCUT2D eigenvalue weighted by molar-refractivity contribution is 7.25. The highest BCUT2D eigenvalue weighted by atomic mass is 35.5. The summed E-state index contributed by atoms with van der Waals surface area (Å²) < 4.78 is 2.50. The first-order valence-corrected chi connectivity index (χ1v) is 19.1. The van der Waals surface area contributed by atoms with Crippen LogP contribution in [0.3, 0.4) is 0 Å². The van der Waals surface area contributed by atoms with Crippen LogP contribution in [-0.2, 0) is 0 Å². The SMILES string of the molecule is Clc1ccc(-c2nc(-c3ccc4c(ccc5ccccc54)c3)nc(-c3ccc4c(ccc5ccccc54)c3)n2)c(-c2ccc3c(c2)sc2ccccc23)c1. The molecule has 0 bridgehead atoms. The number of fused-ring (bicyclic) bond motifs is 9. The van der Waals surface area contributed by atoms with E-state index in [4.69, 9.17) is 26.6 Å². The van der Waals surface area contributed by atoms with Gasteiger partial charge in [-0.1, -0.05) is 139 Å². The molecule has 0 spiro atoms. The highest BCUT2D eigenvalue weighted by Gasteiger charge is 2.18. The van der Waals surface area contributed by atoms with Crippen LogP contribution in [0.15, 0.2) is 170 Å². The minimum atomic E-state index is 0.593. The van der Waals surface area contributed by atoms with Crippen LogP contribution in [0.1, 0.15) is 0 Å². The lowest BCUT2D eigenvalue weighted by atomic mass is 9.97. The Morgan fingerprint density at radius 3 is 1.50 bits per heavy atom. The van der Waals surface area contributed by atoms with E-state index in [-0.39, 0.29) is 0 Å². The van der Waals surface area contributed by atoms with Crippen molar-refractivity contribution >= 4 is 86.2 Å². The molecule has 3 nitrogen and oxygen atoms in total. The fourth-order valence-corrected chi connectivity index (χ4v) is 9.22. The van der Waals surface area contributed by atoms with Crippen LogP contribution < -0.4 is 0 Å². The van der Waals surface area contributed by atoms with Gasteiger partial charge in [-0.2, -0.15) is 0 Å². The number of hydrogen-bond donors (Lipinski definition) is 0. The molecule has 11 rings (SSSR count). The van der Waals surface area contributed by atoms with E-state index in [9.17, 15) is 0 Å². The van der Waals surface area contributed by atoms with E-state index >= 15 is 0 Å². The number of rotatable bonds is 4. The highest BCUT2D eigenvalue weighted by Crippen LogP contribution is 2.40. The fraction of sp³-hybridized carbons (Fsp3) is 0. The molecule has 0 amide bonds. The zero-order valence-electron chi connectivity index (χ0n) is 28.8. The first kappa shape index (κ1) is 31.1. The Balaban J connectivity index is 1.12. The number of hydrogen-bond acceptors (Lipinski definition) is 4. The predicted molar refractivity (Wildman–Crippen MR) is 229 cm³/mol. The molecule has 0 saturated carbocycles. The van der Waals surface area contributed by atoms with Gasteiger partial charge in [0.25, 0.3) is 0 Å². The maximum absolute atomic E-state index is 6.73. The second kappa shape index (κ2) is 12.3. The summed E-state index contributed by atoms with van der Waals surface area (Å²) in [6.45, 7) is 0. The quantitative estimate of drug-likeness (QED) is 0.170. The van der Waals surface area contributed by atoms with E-state index in [1.165, 1.54) is 52.5 Å². The topological polar surface area (TPSA) is 38.7 Å². The average molecular weight is 726 g/mol. The Bertz CT molecular complexity index is 3170. The maximum Gasteiger partial charge on any atom is 0.164 e. The van der Waals surface area contributed by atoms with Crippen LogP contribution in [0.5, 0.6) is 0 Å². The zero-order valence-corrected chi connectivity index (χ0v) is 30.4. The van der Waals surface area contributed by atoms with Crippen molar-refractivity contribution in [1.29, 1.82) is 0 Å². The standard InChI is InChI=1S/C49H28ClN3S/c50-36-20-24-43(44(28-36)33-17-23-42-41-11-5-6-12-45(41)54-46(42)27-33)49-52-47(34-18-21-39-31(25-34)15-13-29-7-1-3-9-37(29)39)51-48(53-49)35-19-22-40-32(26-35)16-14-30-8-2-4-10-38(30)40/h1-28H. The van der Waals surface area contributed by atoms with Crippen LogP contribution in [0.25, 0.3) is 109 Å². The molecule has 2 aromatic heterocycles. The van der Waals surface area contributed by atoms with Crippen LogP contribution in [0, 0.1) is 0 Å². The minimum absolute atomic E-state index is 0.593. The normalized spacial score (nSPS) is 11.8. The molecule has 0 aliphatic rings. The fourth-order valence-electron chi connectivity index (χ4n) is 7.90. The molecule has 0 atom stereocenters. The second-order valence-electron chi connectivity index (χ2n) is 13.8. The average Bonchev–Trinajstić information content (AvgIpc) is 3.61. The van der Waals surface area contributed by atoms with Gasteiger partial charge in [0.15, 0.2) is 17.5 Å². The Kier molecular flexibility index (Phi) is 7.09. The molecule has 0 aliphatic carbocycles. The molecule has 5 heteroatoms. The van der Waals surface area contributed by atoms with E-state index in [0.29, 0.717) is 22.5 Å². The van der Waals surface area contributed by atoms with Gasteiger partial charge in [0.05, 0.1) is 0 Å². The lowest BCUT2D eigenvalue weighted by molar-refractivity contribution is 1.08. The van der Waals surface area contributed by atoms with E-state index in [1.807, 2.05) is 18.2 Å². The van der Waals surface area contributed by atoms with E-state index < -0.39 is 0 Å². The van der Waals surface area contributed by atoms with Gasteiger partial charge in [-0.15, -0.1) is 11.3 Å². The second-order valence-corrected chi connectivity index (χ2v) is 15.3. The van der Waals surface area contributed by atoms with Crippen molar-refractivity contribution in [2.24, 2.45) is 0 Å². The smallest absolute Gasteiger partial charge is 0.164 e. The van der Waals surface area contributed by atoms with Crippen molar-refractivity contribution in [3.05, 3.63) is 175 Å². The lowest BCUT2D eigenvalue weighted by Crippen LogP contribution is -2.01. The first-order valence-electron chi connectivity index (χ1n) is 17.9. The molecule has 0 saturated heterocycles. The molecule has 0 radical (unpaired) electrons. The summed E-state index contributed by atoms with van der Waals surface area (Å²) in [4.78, 5) is 15.6. The van der Waals surface area contributed by atoms with Gasteiger partial charge in [-0.05, 0) is 96.7 Å². The zero-order chi connectivity index (χ0) is 35.8. The molecule has 54 heavy (non-hydrogen) atoms. The number of thiophene rings is 1. The largest absolute Gasteiger partial charge is 0.208 e. The van der Waals surface area contributed by atoms with Gasteiger partial charge >= 0.3 is 0 Å². The number of benzene rings is 9. The predicted octanol–water partition coefficient (Wildman–Crippen LogP) is 14.2. The molecule has 0 fully saturated rings. The molecule has 11 aromatic rings. The van der Waals surface area contributed by atoms with Crippen molar-refractivity contribution < 1.29 is 0 Å². The monoisotopic (exact) mass is 725 g/mol. The first-order chi connectivity index (χ1) is 26.6. The molecule has 0 aliphatic heterocycles. The Hall–Kier alpha value is -6.46. The van der Waals surface area contributed by atoms with Crippen molar-refractivity contribution in [3.8, 4) is 45.3 Å². The summed E-state index contributed by atoms with van der Waals surface area (Å²) in [6, 6.07) is 59.9. The number of aromatic nitrogens is 3. The third-order valence-electron chi connectivity index (χ3n) is 10.6. The molecule has 9 aromatic carbocycles. The van der Waals surface area contributed by atoms with Crippen molar-refractivity contribution in [3.63, 3.8) is 0 Å². The molecule has 0 unspecified atom stereocenters. The Morgan fingerprint density at radius 1 is 0.333 bits per heavy atom. The summed E-state index contributed by atoms with van der Waals surface area (Å²) in [5, 5.41) is 12.7. The van der Waals surface area contributed by atoms with Gasteiger partial charge in [-0.25, -0.2) is 15.0 Å². The van der Waals surface area contributed by atoms with Crippen LogP contribution >= 0.6 is 22.9 Å². The van der Waals surface area contributed by atoms with Gasteiger partial charge in [-0.3, -0.25) is 0 Å². The van der Waals surface area contributed by atoms with Gasteiger partial charge in [0.2, 0.25) is 0 Å². The summed E-state index contributed by atoms with van der Waals surface area (Å²) >= 11 is 8.54. The maximum atomic E-state index is 6.73. The summed E-state index contributed by atoms with van der Waals surface area (Å²) in [7, 11) is 0. The Morgan fingerprint density at radius 2 is 0.833 bits per heavy atom. The van der Waals surface area contributed by atoms with E-state index in [1.54, 1.807) is 11.3 Å². The van der Waals surface area contributed by atoms with Crippen LogP contribution in [0.2, 0.25) is 5.02 Å². The third-order valence-corrected chi connectivity index (χ3v) is 11.9. The van der Waals surface area contributed by atoms with Crippen molar-refractivity contribution in [1.82, 2.24) is 15.0 Å². The third kappa shape index (κ3) is 5.14. The summed E-state index contributed by atoms with van der Waals surface area (Å²) in [6.07, 6.45) is 0. The molecule has 0 N–H and O–H groups in total. The van der Waals surface area contributed by atoms with Crippen LogP contribution in [0.4, 0.5) is 0 Å². The lowest BCUT2D eigenvalue weighted by Gasteiger charge is -2.14. The van der Waals surface area contributed by atoms with Crippen molar-refractivity contribution in [2.45, 2.75) is 0 Å². The number of halogens is 1. The summed E-state index contributed by atoms with van der Waals surface area (Å²) in [5.74, 6) is 1.82. The van der Waals surface area contributed by atoms with Crippen LogP contribution in [-0.4, -0.2) is 15.0 Å². The molecular formula is C49H28ClN3S. The number of nitrogens with zero attached hydrogens (tertiary/aromatic N) is 3. The van der Waals surface area contributed by atoms with E-state index in [2.05, 4.69) is 152 Å². The van der Waals surface area contributed by atoms with Gasteiger partial charge in [0, 0.05) is 41.9 Å². The van der Waals surface area contributed by atoms with Gasteiger partial charge < -0.3 is 0 Å². The van der Waals surface area contributed by atoms with Crippen molar-refractivity contribution in [2.75, 3.05) is 0 Å². The molecular weight excluding hydrogens is 698 g/mol. The minimum Gasteiger partial charge on any atom is -0.208 e. The summed E-state index contributed by atoms with van der Waals surface area (Å²) in [5.41, 5.74) is 4.78. The van der Waals surface area contributed by atoms with E-state index in [0.717, 1.165) is 38.6 Å².